The average molecular weight is 589 g/mol. The van der Waals surface area contributed by atoms with E-state index in [2.05, 4.69) is 20.8 Å². The minimum atomic E-state index is -3.75. The van der Waals surface area contributed by atoms with E-state index < -0.39 is 62.6 Å². The number of thioether (sulfide) groups is 2. The molecule has 0 aliphatic carbocycles. The molecule has 0 spiro atoms. The molecule has 3 unspecified atom stereocenters. The lowest BCUT2D eigenvalue weighted by Crippen LogP contribution is -2.71. The molecular formula is C19H21FN8O7S3. The number of sulfonamides is 1. The number of tetrazole rings is 1. The van der Waals surface area contributed by atoms with Crippen LogP contribution in [0.3, 0.4) is 0 Å². The number of nitrogens with zero attached hydrogens (tertiary/aromatic N) is 5. The third-order valence-electron chi connectivity index (χ3n) is 5.62. The molecule has 2 aliphatic heterocycles. The fourth-order valence-corrected chi connectivity index (χ4v) is 6.53. The van der Waals surface area contributed by atoms with E-state index in [4.69, 9.17) is 10.9 Å². The number of amides is 2. The quantitative estimate of drug-likeness (QED) is 0.154. The monoisotopic (exact) mass is 588 g/mol. The largest absolute Gasteiger partial charge is 0.505 e. The van der Waals surface area contributed by atoms with E-state index in [-0.39, 0.29) is 34.5 Å². The number of aliphatic carboxylic acids is 1. The SMILES string of the molecule is NC(C(=O)NC1C(=O)N2C(C(=O)O)=C(CSc3nnnn3CCS(N)(=O)=O)CSC12)c1ccc(O)c(F)c1. The van der Waals surface area contributed by atoms with Crippen molar-refractivity contribution in [1.29, 1.82) is 0 Å². The smallest absolute Gasteiger partial charge is 0.352 e. The lowest BCUT2D eigenvalue weighted by Gasteiger charge is -2.49. The Balaban J connectivity index is 1.43. The molecule has 2 aromatic rings. The lowest BCUT2D eigenvalue weighted by atomic mass is 10.0. The van der Waals surface area contributed by atoms with Crippen LogP contribution in [0.4, 0.5) is 4.39 Å². The summed E-state index contributed by atoms with van der Waals surface area (Å²) in [6.07, 6.45) is 0. The molecule has 3 heterocycles. The number of hydrogen-bond donors (Lipinski definition) is 5. The van der Waals surface area contributed by atoms with Gasteiger partial charge in [0.05, 0.1) is 12.3 Å². The van der Waals surface area contributed by atoms with Crippen molar-refractivity contribution in [3.8, 4) is 5.75 Å². The van der Waals surface area contributed by atoms with Gasteiger partial charge in [0.15, 0.2) is 11.6 Å². The van der Waals surface area contributed by atoms with Crippen LogP contribution in [-0.4, -0.2) is 90.2 Å². The van der Waals surface area contributed by atoms with Gasteiger partial charge >= 0.3 is 5.97 Å². The fourth-order valence-electron chi connectivity index (χ4n) is 3.71. The number of rotatable bonds is 10. The normalized spacial score (nSPS) is 20.1. The molecule has 0 radical (unpaired) electrons. The van der Waals surface area contributed by atoms with E-state index in [9.17, 15) is 37.4 Å². The van der Waals surface area contributed by atoms with Gasteiger partial charge in [0.25, 0.3) is 5.91 Å². The van der Waals surface area contributed by atoms with Crippen molar-refractivity contribution in [1.82, 2.24) is 30.4 Å². The summed E-state index contributed by atoms with van der Waals surface area (Å²) in [5.74, 6) is -4.42. The van der Waals surface area contributed by atoms with Crippen LogP contribution in [0.5, 0.6) is 5.75 Å². The van der Waals surface area contributed by atoms with Gasteiger partial charge in [-0.3, -0.25) is 14.5 Å². The van der Waals surface area contributed by atoms with Gasteiger partial charge in [-0.1, -0.05) is 17.8 Å². The van der Waals surface area contributed by atoms with Crippen LogP contribution in [0.15, 0.2) is 34.6 Å². The van der Waals surface area contributed by atoms with E-state index in [0.717, 1.165) is 28.8 Å². The van der Waals surface area contributed by atoms with E-state index in [1.54, 1.807) is 0 Å². The maximum absolute atomic E-state index is 13.6. The molecular weight excluding hydrogens is 567 g/mol. The van der Waals surface area contributed by atoms with Gasteiger partial charge in [-0.25, -0.2) is 27.4 Å². The Bertz CT molecular complexity index is 1430. The Morgan fingerprint density at radius 3 is 2.76 bits per heavy atom. The Morgan fingerprint density at radius 2 is 2.11 bits per heavy atom. The summed E-state index contributed by atoms with van der Waals surface area (Å²) in [4.78, 5) is 38.6. The van der Waals surface area contributed by atoms with Crippen LogP contribution < -0.4 is 16.2 Å². The molecule has 2 amide bonds. The average Bonchev–Trinajstić information content (AvgIpc) is 3.32. The van der Waals surface area contributed by atoms with E-state index in [0.29, 0.717) is 5.57 Å². The number of fused-ring (bicyclic) bond motifs is 1. The van der Waals surface area contributed by atoms with E-state index >= 15 is 0 Å². The number of aromatic nitrogens is 4. The van der Waals surface area contributed by atoms with Crippen LogP contribution in [0, 0.1) is 5.82 Å². The molecule has 1 aromatic carbocycles. The molecule has 1 aromatic heterocycles. The predicted molar refractivity (Wildman–Crippen MR) is 131 cm³/mol. The first kappa shape index (κ1) is 27.8. The summed E-state index contributed by atoms with van der Waals surface area (Å²) in [6, 6.07) is 0.849. The summed E-state index contributed by atoms with van der Waals surface area (Å²) in [7, 11) is -3.75. The molecule has 2 aliphatic rings. The Kier molecular flexibility index (Phi) is 7.93. The van der Waals surface area contributed by atoms with Crippen molar-refractivity contribution in [2.45, 2.75) is 29.2 Å². The van der Waals surface area contributed by atoms with Crippen LogP contribution in [0.2, 0.25) is 0 Å². The van der Waals surface area contributed by atoms with Crippen molar-refractivity contribution >= 4 is 51.3 Å². The number of phenols is 1. The molecule has 38 heavy (non-hydrogen) atoms. The second kappa shape index (κ2) is 10.8. The number of benzene rings is 1. The van der Waals surface area contributed by atoms with Gasteiger partial charge in [0, 0.05) is 11.5 Å². The molecule has 7 N–H and O–H groups in total. The van der Waals surface area contributed by atoms with Gasteiger partial charge in [-0.05, 0) is 33.7 Å². The molecule has 4 rings (SSSR count). The first-order chi connectivity index (χ1) is 17.9. The van der Waals surface area contributed by atoms with Crippen LogP contribution in [0.1, 0.15) is 11.6 Å². The zero-order valence-electron chi connectivity index (χ0n) is 19.2. The minimum absolute atomic E-state index is 0.0783. The van der Waals surface area contributed by atoms with Gasteiger partial charge in [0.2, 0.25) is 21.1 Å². The topological polar surface area (TPSA) is 237 Å². The van der Waals surface area contributed by atoms with Crippen molar-refractivity contribution < 1.29 is 37.4 Å². The Hall–Kier alpha value is -3.26. The number of carboxylic acids is 1. The summed E-state index contributed by atoms with van der Waals surface area (Å²) in [5, 5.41) is 37.2. The van der Waals surface area contributed by atoms with Crippen molar-refractivity contribution in [3.05, 3.63) is 40.8 Å². The summed E-state index contributed by atoms with van der Waals surface area (Å²) >= 11 is 2.29. The number of carboxylic acid groups (broad SMARTS) is 1. The summed E-state index contributed by atoms with van der Waals surface area (Å²) < 4.78 is 37.3. The third-order valence-corrected chi connectivity index (χ3v) is 8.76. The second-order valence-electron chi connectivity index (χ2n) is 8.18. The van der Waals surface area contributed by atoms with Crippen LogP contribution in [-0.2, 0) is 31.0 Å². The maximum atomic E-state index is 13.6. The highest BCUT2D eigenvalue weighted by Crippen LogP contribution is 2.41. The Morgan fingerprint density at radius 1 is 1.37 bits per heavy atom. The van der Waals surface area contributed by atoms with Gasteiger partial charge < -0.3 is 21.3 Å². The van der Waals surface area contributed by atoms with Crippen LogP contribution in [0.25, 0.3) is 0 Å². The molecule has 15 nitrogen and oxygen atoms in total. The third kappa shape index (κ3) is 5.75. The standard InChI is InChI=1S/C19H21FN8O7S3/c20-10-5-8(1-2-11(10)29)12(21)15(30)23-13-16(31)28-14(18(32)33)9(6-36-17(13)28)7-37-19-24-25-26-27(19)3-4-38(22,34)35/h1-2,5,12-13,17,29H,3-4,6-7,21H2,(H,23,30)(H,32,33)(H2,22,34,35). The zero-order chi connectivity index (χ0) is 27.8. The first-order valence-corrected chi connectivity index (χ1v) is 14.5. The second-order valence-corrected chi connectivity index (χ2v) is 12.0. The number of halogens is 1. The van der Waals surface area contributed by atoms with Crippen molar-refractivity contribution in [2.24, 2.45) is 10.9 Å². The van der Waals surface area contributed by atoms with Crippen LogP contribution >= 0.6 is 23.5 Å². The highest BCUT2D eigenvalue weighted by atomic mass is 32.2. The number of β-lactam (4-membered cyclic amide) rings is 1. The highest BCUT2D eigenvalue weighted by Gasteiger charge is 2.54. The fraction of sp³-hybridized carbons (Fsp3) is 0.368. The highest BCUT2D eigenvalue weighted by molar-refractivity contribution is 8.01. The zero-order valence-corrected chi connectivity index (χ0v) is 21.7. The maximum Gasteiger partial charge on any atom is 0.352 e. The van der Waals surface area contributed by atoms with E-state index in [1.807, 2.05) is 0 Å². The number of carbonyl (C=O) groups is 3. The van der Waals surface area contributed by atoms with Gasteiger partial charge in [-0.15, -0.1) is 16.9 Å². The Labute approximate surface area is 222 Å². The summed E-state index contributed by atoms with van der Waals surface area (Å²) in [5.41, 5.74) is 6.13. The van der Waals surface area contributed by atoms with Gasteiger partial charge in [-0.2, -0.15) is 0 Å². The number of aromatic hydroxyl groups is 1. The molecule has 3 atom stereocenters. The number of primary sulfonamides is 1. The molecule has 19 heteroatoms. The number of carbonyl (C=O) groups excluding carboxylic acids is 2. The molecule has 0 bridgehead atoms. The minimum Gasteiger partial charge on any atom is -0.505 e. The predicted octanol–water partition coefficient (Wildman–Crippen LogP) is -1.66. The molecule has 1 saturated heterocycles. The number of aryl methyl sites for hydroxylation is 1. The number of nitrogens with two attached hydrogens (primary N) is 2. The first-order valence-electron chi connectivity index (χ1n) is 10.7. The van der Waals surface area contributed by atoms with Crippen molar-refractivity contribution in [3.63, 3.8) is 0 Å². The number of nitrogens with one attached hydrogen (secondary N) is 1. The van der Waals surface area contributed by atoms with Crippen molar-refractivity contribution in [2.75, 3.05) is 17.3 Å². The summed E-state index contributed by atoms with van der Waals surface area (Å²) in [6.45, 7) is -0.0965. The molecule has 1 fully saturated rings. The molecule has 204 valence electrons. The van der Waals surface area contributed by atoms with E-state index in [1.165, 1.54) is 22.5 Å². The number of phenolic OH excluding ortho intramolecular Hbond substituents is 1. The lowest BCUT2D eigenvalue weighted by molar-refractivity contribution is -0.150. The number of hydrogen-bond acceptors (Lipinski definition) is 12. The molecule has 0 saturated carbocycles. The van der Waals surface area contributed by atoms with Gasteiger partial charge in [0.1, 0.15) is 23.2 Å².